The van der Waals surface area contributed by atoms with Gasteiger partial charge in [0.2, 0.25) is 0 Å². The fourth-order valence-electron chi connectivity index (χ4n) is 2.90. The van der Waals surface area contributed by atoms with E-state index in [1.54, 1.807) is 12.8 Å². The zero-order valence-corrected chi connectivity index (χ0v) is 7.03. The molecule has 3 rings (SSSR count). The standard InChI is InChI=1S/C10H18/c1-10-6-4-2-3-5-9(7-10)8-10/h9H,2-8H2,1H3. The molecule has 0 aromatic carbocycles. The Morgan fingerprint density at radius 1 is 1.10 bits per heavy atom. The molecule has 10 heavy (non-hydrogen) atoms. The molecule has 3 aliphatic carbocycles. The van der Waals surface area contributed by atoms with Crippen molar-refractivity contribution in [3.05, 3.63) is 0 Å². The second-order valence-electron chi connectivity index (χ2n) is 4.68. The summed E-state index contributed by atoms with van der Waals surface area (Å²) in [5.41, 5.74) is 0.797. The molecule has 0 nitrogen and oxygen atoms in total. The molecule has 0 aliphatic heterocycles. The van der Waals surface area contributed by atoms with Gasteiger partial charge in [0, 0.05) is 0 Å². The molecule has 2 bridgehead atoms. The lowest BCUT2D eigenvalue weighted by Crippen LogP contribution is -2.35. The Morgan fingerprint density at radius 2 is 1.90 bits per heavy atom. The summed E-state index contributed by atoms with van der Waals surface area (Å²) in [7, 11) is 0. The number of hydrogen-bond donors (Lipinski definition) is 0. The summed E-state index contributed by atoms with van der Waals surface area (Å²) >= 11 is 0. The van der Waals surface area contributed by atoms with Crippen molar-refractivity contribution in [3.63, 3.8) is 0 Å². The van der Waals surface area contributed by atoms with E-state index in [-0.39, 0.29) is 0 Å². The number of hydrogen-bond acceptors (Lipinski definition) is 0. The van der Waals surface area contributed by atoms with Crippen molar-refractivity contribution in [1.29, 1.82) is 0 Å². The summed E-state index contributed by atoms with van der Waals surface area (Å²) < 4.78 is 0. The molecule has 0 amide bonds. The van der Waals surface area contributed by atoms with E-state index in [1.807, 2.05) is 0 Å². The lowest BCUT2D eigenvalue weighted by molar-refractivity contribution is 0.0431. The molecule has 0 aromatic heterocycles. The maximum atomic E-state index is 2.48. The molecule has 0 atom stereocenters. The zero-order chi connectivity index (χ0) is 7.03. The van der Waals surface area contributed by atoms with Gasteiger partial charge in [0.15, 0.2) is 0 Å². The van der Waals surface area contributed by atoms with Crippen LogP contribution in [-0.4, -0.2) is 0 Å². The van der Waals surface area contributed by atoms with E-state index in [9.17, 15) is 0 Å². The third-order valence-corrected chi connectivity index (χ3v) is 3.46. The first-order chi connectivity index (χ1) is 4.79. The minimum absolute atomic E-state index is 0.797. The Bertz CT molecular complexity index is 114. The molecule has 3 fully saturated rings. The van der Waals surface area contributed by atoms with E-state index < -0.39 is 0 Å². The van der Waals surface area contributed by atoms with Crippen molar-refractivity contribution in [2.24, 2.45) is 11.3 Å². The normalized spacial score (nSPS) is 47.1. The highest BCUT2D eigenvalue weighted by molar-refractivity contribution is 4.91. The first kappa shape index (κ1) is 6.69. The molecule has 0 N–H and O–H groups in total. The molecule has 0 heterocycles. The maximum absolute atomic E-state index is 2.48. The molecule has 0 saturated heterocycles. The summed E-state index contributed by atoms with van der Waals surface area (Å²) in [4.78, 5) is 0. The Morgan fingerprint density at radius 3 is 2.70 bits per heavy atom. The van der Waals surface area contributed by atoms with Gasteiger partial charge in [-0.3, -0.25) is 0 Å². The molecule has 0 spiro atoms. The second kappa shape index (κ2) is 2.25. The van der Waals surface area contributed by atoms with Gasteiger partial charge in [-0.05, 0) is 30.6 Å². The van der Waals surface area contributed by atoms with Crippen LogP contribution in [0.3, 0.4) is 0 Å². The van der Waals surface area contributed by atoms with Crippen molar-refractivity contribution in [2.45, 2.75) is 51.9 Å². The molecule has 0 aromatic rings. The van der Waals surface area contributed by atoms with Gasteiger partial charge in [-0.25, -0.2) is 0 Å². The quantitative estimate of drug-likeness (QED) is 0.481. The minimum Gasteiger partial charge on any atom is -0.0596 e. The fourth-order valence-corrected chi connectivity index (χ4v) is 2.90. The zero-order valence-electron chi connectivity index (χ0n) is 7.03. The topological polar surface area (TPSA) is 0 Å². The van der Waals surface area contributed by atoms with Gasteiger partial charge in [-0.1, -0.05) is 32.6 Å². The van der Waals surface area contributed by atoms with E-state index in [1.165, 1.54) is 32.1 Å². The molecule has 58 valence electrons. The molecular formula is C10H18. The van der Waals surface area contributed by atoms with E-state index in [2.05, 4.69) is 6.92 Å². The molecule has 0 heteroatoms. The van der Waals surface area contributed by atoms with E-state index in [4.69, 9.17) is 0 Å². The number of fused-ring (bicyclic) bond motifs is 4. The average molecular weight is 138 g/mol. The van der Waals surface area contributed by atoms with Gasteiger partial charge >= 0.3 is 0 Å². The molecular weight excluding hydrogens is 120 g/mol. The predicted octanol–water partition coefficient (Wildman–Crippen LogP) is 3.37. The van der Waals surface area contributed by atoms with Crippen LogP contribution in [0.15, 0.2) is 0 Å². The van der Waals surface area contributed by atoms with Crippen LogP contribution >= 0.6 is 0 Å². The van der Waals surface area contributed by atoms with Crippen LogP contribution in [0.25, 0.3) is 0 Å². The largest absolute Gasteiger partial charge is 0.0596 e. The van der Waals surface area contributed by atoms with E-state index >= 15 is 0 Å². The van der Waals surface area contributed by atoms with Gasteiger partial charge in [-0.15, -0.1) is 0 Å². The fraction of sp³-hybridized carbons (Fsp3) is 1.00. The Hall–Kier alpha value is 0. The van der Waals surface area contributed by atoms with Crippen LogP contribution in [0, 0.1) is 11.3 Å². The lowest BCUT2D eigenvalue weighted by atomic mass is 9.58. The first-order valence-corrected chi connectivity index (χ1v) is 4.79. The molecule has 3 aliphatic rings. The van der Waals surface area contributed by atoms with Gasteiger partial charge < -0.3 is 0 Å². The predicted molar refractivity (Wildman–Crippen MR) is 43.9 cm³/mol. The van der Waals surface area contributed by atoms with Crippen LogP contribution in [0.2, 0.25) is 0 Å². The number of rotatable bonds is 0. The highest BCUT2D eigenvalue weighted by atomic mass is 14.4. The van der Waals surface area contributed by atoms with Crippen molar-refractivity contribution in [3.8, 4) is 0 Å². The second-order valence-corrected chi connectivity index (χ2v) is 4.68. The summed E-state index contributed by atoms with van der Waals surface area (Å²) in [5.74, 6) is 1.13. The summed E-state index contributed by atoms with van der Waals surface area (Å²) in [5, 5.41) is 0. The lowest BCUT2D eigenvalue weighted by Gasteiger charge is -2.47. The third-order valence-electron chi connectivity index (χ3n) is 3.46. The average Bonchev–Trinajstić information content (AvgIpc) is 1.75. The molecule has 0 radical (unpaired) electrons. The van der Waals surface area contributed by atoms with Crippen LogP contribution in [0.4, 0.5) is 0 Å². The van der Waals surface area contributed by atoms with Gasteiger partial charge in [0.1, 0.15) is 0 Å². The van der Waals surface area contributed by atoms with Crippen LogP contribution in [-0.2, 0) is 0 Å². The smallest absolute Gasteiger partial charge is 0.0321 e. The Balaban J connectivity index is 1.94. The van der Waals surface area contributed by atoms with Crippen molar-refractivity contribution >= 4 is 0 Å². The van der Waals surface area contributed by atoms with E-state index in [0.29, 0.717) is 0 Å². The van der Waals surface area contributed by atoms with Crippen molar-refractivity contribution in [1.82, 2.24) is 0 Å². The molecule has 0 unspecified atom stereocenters. The van der Waals surface area contributed by atoms with Gasteiger partial charge in [-0.2, -0.15) is 0 Å². The summed E-state index contributed by atoms with van der Waals surface area (Å²) in [6, 6.07) is 0. The Kier molecular flexibility index (Phi) is 1.51. The third kappa shape index (κ3) is 1.09. The first-order valence-electron chi connectivity index (χ1n) is 4.79. The molecule has 3 saturated carbocycles. The monoisotopic (exact) mass is 138 g/mol. The minimum atomic E-state index is 0.797. The van der Waals surface area contributed by atoms with Crippen LogP contribution in [0.5, 0.6) is 0 Å². The summed E-state index contributed by atoms with van der Waals surface area (Å²) in [6.07, 6.45) is 10.7. The summed E-state index contributed by atoms with van der Waals surface area (Å²) in [6.45, 7) is 2.48. The Labute approximate surface area is 64.0 Å². The van der Waals surface area contributed by atoms with Crippen molar-refractivity contribution < 1.29 is 0 Å². The highest BCUT2D eigenvalue weighted by Crippen LogP contribution is 2.52. The van der Waals surface area contributed by atoms with Crippen molar-refractivity contribution in [2.75, 3.05) is 0 Å². The van der Waals surface area contributed by atoms with E-state index in [0.717, 1.165) is 11.3 Å². The van der Waals surface area contributed by atoms with Crippen LogP contribution < -0.4 is 0 Å². The van der Waals surface area contributed by atoms with Crippen LogP contribution in [0.1, 0.15) is 51.9 Å². The van der Waals surface area contributed by atoms with Gasteiger partial charge in [0.05, 0.1) is 0 Å². The highest BCUT2D eigenvalue weighted by Gasteiger charge is 2.39. The SMILES string of the molecule is CC12CCCCCC(C1)C2. The maximum Gasteiger partial charge on any atom is -0.0321 e. The van der Waals surface area contributed by atoms with Gasteiger partial charge in [0.25, 0.3) is 0 Å².